The molecule has 1 aliphatic rings. The van der Waals surface area contributed by atoms with Gasteiger partial charge in [0.1, 0.15) is 0 Å². The van der Waals surface area contributed by atoms with Crippen molar-refractivity contribution in [2.24, 2.45) is 0 Å². The summed E-state index contributed by atoms with van der Waals surface area (Å²) in [6.07, 6.45) is 7.49. The Balaban J connectivity index is 2.20. The molecule has 2 rings (SSSR count). The molecule has 77 valence electrons. The highest BCUT2D eigenvalue weighted by Gasteiger charge is 2.21. The van der Waals surface area contributed by atoms with E-state index in [0.29, 0.717) is 11.0 Å². The Morgan fingerprint density at radius 1 is 1.36 bits per heavy atom. The van der Waals surface area contributed by atoms with E-state index in [1.165, 1.54) is 42.7 Å². The first-order valence-corrected chi connectivity index (χ1v) is 6.17. The van der Waals surface area contributed by atoms with E-state index < -0.39 is 0 Å². The lowest BCUT2D eigenvalue weighted by molar-refractivity contribution is 0.436. The van der Waals surface area contributed by atoms with Crippen molar-refractivity contribution in [3.8, 4) is 0 Å². The van der Waals surface area contributed by atoms with Crippen LogP contribution in [0.5, 0.6) is 0 Å². The maximum atomic E-state index is 5.74. The van der Waals surface area contributed by atoms with Crippen LogP contribution < -0.4 is 5.73 Å². The van der Waals surface area contributed by atoms with Gasteiger partial charge in [-0.25, -0.2) is 4.98 Å². The number of aromatic nitrogens is 1. The van der Waals surface area contributed by atoms with Crippen LogP contribution in [0.4, 0.5) is 5.13 Å². The van der Waals surface area contributed by atoms with Crippen LogP contribution in [0.25, 0.3) is 0 Å². The molecule has 0 spiro atoms. The molecule has 0 aromatic carbocycles. The molecule has 3 heteroatoms. The predicted molar refractivity (Wildman–Crippen MR) is 61.4 cm³/mol. The maximum Gasteiger partial charge on any atom is 0.180 e. The average molecular weight is 209 g/mol. The van der Waals surface area contributed by atoms with E-state index >= 15 is 0 Å². The van der Waals surface area contributed by atoms with Crippen LogP contribution in [0.15, 0.2) is 0 Å². The van der Waals surface area contributed by atoms with Crippen molar-refractivity contribution >= 4 is 16.5 Å². The Bertz CT molecular complexity index is 300. The van der Waals surface area contributed by atoms with Crippen molar-refractivity contribution in [1.29, 1.82) is 0 Å². The minimum atomic E-state index is 0.661. The van der Waals surface area contributed by atoms with Gasteiger partial charge in [-0.1, -0.05) is 19.3 Å². The lowest BCUT2D eigenvalue weighted by Gasteiger charge is -2.20. The number of anilines is 1. The summed E-state index contributed by atoms with van der Waals surface area (Å²) in [7, 11) is 0. The highest BCUT2D eigenvalue weighted by atomic mass is 32.1. The molecule has 1 saturated carbocycles. The zero-order valence-electron chi connectivity index (χ0n) is 8.46. The van der Waals surface area contributed by atoms with Gasteiger partial charge in [-0.3, -0.25) is 0 Å². The van der Waals surface area contributed by atoms with E-state index in [0.717, 1.165) is 6.42 Å². The van der Waals surface area contributed by atoms with Gasteiger partial charge in [0.2, 0.25) is 0 Å². The summed E-state index contributed by atoms with van der Waals surface area (Å²) in [5.74, 6) is 0.661. The molecule has 1 radical (unpaired) electrons. The van der Waals surface area contributed by atoms with Crippen molar-refractivity contribution in [3.05, 3.63) is 17.5 Å². The Labute approximate surface area is 89.5 Å². The van der Waals surface area contributed by atoms with Crippen LogP contribution in [0.2, 0.25) is 0 Å². The molecule has 1 aromatic rings. The monoisotopic (exact) mass is 209 g/mol. The third kappa shape index (κ3) is 1.92. The van der Waals surface area contributed by atoms with Gasteiger partial charge in [-0.2, -0.15) is 0 Å². The summed E-state index contributed by atoms with van der Waals surface area (Å²) in [6, 6.07) is 0. The second-order valence-electron chi connectivity index (χ2n) is 3.95. The number of nitrogens with zero attached hydrogens (tertiary/aromatic N) is 1. The molecule has 0 bridgehead atoms. The molecule has 0 aliphatic heterocycles. The number of rotatable bonds is 2. The van der Waals surface area contributed by atoms with Crippen LogP contribution in [-0.4, -0.2) is 4.98 Å². The van der Waals surface area contributed by atoms with Gasteiger partial charge in [0.25, 0.3) is 0 Å². The minimum absolute atomic E-state index is 0.661. The topological polar surface area (TPSA) is 38.9 Å². The quantitative estimate of drug-likeness (QED) is 0.812. The van der Waals surface area contributed by atoms with E-state index in [9.17, 15) is 0 Å². The van der Waals surface area contributed by atoms with Gasteiger partial charge < -0.3 is 5.73 Å². The number of hydrogen-bond donors (Lipinski definition) is 1. The van der Waals surface area contributed by atoms with E-state index in [1.54, 1.807) is 11.3 Å². The Morgan fingerprint density at radius 3 is 2.71 bits per heavy atom. The second-order valence-corrected chi connectivity index (χ2v) is 5.06. The number of hydrogen-bond acceptors (Lipinski definition) is 3. The molecule has 2 N–H and O–H groups in total. The smallest absolute Gasteiger partial charge is 0.180 e. The second kappa shape index (κ2) is 4.30. The van der Waals surface area contributed by atoms with Crippen LogP contribution in [0, 0.1) is 6.92 Å². The van der Waals surface area contributed by atoms with Gasteiger partial charge in [-0.15, -0.1) is 11.3 Å². The summed E-state index contributed by atoms with van der Waals surface area (Å²) in [6.45, 7) is 3.94. The first-order chi connectivity index (χ1) is 6.81. The maximum absolute atomic E-state index is 5.74. The number of thiazole rings is 1. The molecular weight excluding hydrogens is 192 g/mol. The molecule has 1 aliphatic carbocycles. The first-order valence-electron chi connectivity index (χ1n) is 5.35. The molecule has 1 aromatic heterocycles. The van der Waals surface area contributed by atoms with Gasteiger partial charge >= 0.3 is 0 Å². The Kier molecular flexibility index (Phi) is 3.06. The van der Waals surface area contributed by atoms with E-state index in [4.69, 9.17) is 5.73 Å². The summed E-state index contributed by atoms with van der Waals surface area (Å²) in [4.78, 5) is 5.76. The van der Waals surface area contributed by atoms with E-state index in [-0.39, 0.29) is 0 Å². The van der Waals surface area contributed by atoms with Crippen LogP contribution in [-0.2, 0) is 6.42 Å². The minimum Gasteiger partial charge on any atom is -0.375 e. The SMILES string of the molecule is [CH2]Cc1sc(N)nc1C1CCCCC1. The summed E-state index contributed by atoms with van der Waals surface area (Å²) in [5.41, 5.74) is 6.99. The molecule has 1 heterocycles. The molecule has 0 unspecified atom stereocenters. The van der Waals surface area contributed by atoms with Crippen molar-refractivity contribution in [1.82, 2.24) is 4.98 Å². The summed E-state index contributed by atoms with van der Waals surface area (Å²) < 4.78 is 0. The normalized spacial score (nSPS) is 18.6. The first kappa shape index (κ1) is 9.97. The zero-order valence-corrected chi connectivity index (χ0v) is 9.28. The van der Waals surface area contributed by atoms with Gasteiger partial charge in [-0.05, 0) is 26.2 Å². The number of nitrogens with two attached hydrogens (primary N) is 1. The summed E-state index contributed by atoms with van der Waals surface area (Å²) in [5, 5.41) is 0.712. The zero-order chi connectivity index (χ0) is 9.97. The largest absolute Gasteiger partial charge is 0.375 e. The fourth-order valence-corrected chi connectivity index (χ4v) is 3.07. The highest BCUT2D eigenvalue weighted by molar-refractivity contribution is 7.15. The molecule has 2 nitrogen and oxygen atoms in total. The lowest BCUT2D eigenvalue weighted by atomic mass is 9.86. The highest BCUT2D eigenvalue weighted by Crippen LogP contribution is 2.36. The molecule has 0 atom stereocenters. The fraction of sp³-hybridized carbons (Fsp3) is 0.636. The van der Waals surface area contributed by atoms with Crippen molar-refractivity contribution < 1.29 is 0 Å². The lowest BCUT2D eigenvalue weighted by Crippen LogP contribution is -2.06. The van der Waals surface area contributed by atoms with Crippen LogP contribution in [0.3, 0.4) is 0 Å². The van der Waals surface area contributed by atoms with Crippen molar-refractivity contribution in [2.45, 2.75) is 44.4 Å². The predicted octanol–water partition coefficient (Wildman–Crippen LogP) is 3.15. The van der Waals surface area contributed by atoms with Crippen LogP contribution >= 0.6 is 11.3 Å². The summed E-state index contributed by atoms with van der Waals surface area (Å²) >= 11 is 1.61. The standard InChI is InChI=1S/C11H17N2S/c1-2-9-10(13-11(12)14-9)8-6-4-3-5-7-8/h8H,1-7H2,(H2,12,13). The molecular formula is C11H17N2S. The average Bonchev–Trinajstić information content (AvgIpc) is 2.61. The molecule has 0 saturated heterocycles. The Morgan fingerprint density at radius 2 is 2.07 bits per heavy atom. The molecule has 0 amide bonds. The fourth-order valence-electron chi connectivity index (χ4n) is 2.26. The van der Waals surface area contributed by atoms with Gasteiger partial charge in [0, 0.05) is 10.8 Å². The third-order valence-electron chi connectivity index (χ3n) is 2.96. The molecule has 1 fully saturated rings. The van der Waals surface area contributed by atoms with Crippen molar-refractivity contribution in [3.63, 3.8) is 0 Å². The van der Waals surface area contributed by atoms with Gasteiger partial charge in [0.05, 0.1) is 5.69 Å². The number of nitrogen functional groups attached to an aromatic ring is 1. The van der Waals surface area contributed by atoms with Crippen molar-refractivity contribution in [2.75, 3.05) is 5.73 Å². The third-order valence-corrected chi connectivity index (χ3v) is 3.92. The van der Waals surface area contributed by atoms with Crippen LogP contribution in [0.1, 0.15) is 48.6 Å². The van der Waals surface area contributed by atoms with E-state index in [2.05, 4.69) is 11.9 Å². The van der Waals surface area contributed by atoms with Gasteiger partial charge in [0.15, 0.2) is 5.13 Å². The van der Waals surface area contributed by atoms with E-state index in [1.807, 2.05) is 0 Å². The Hall–Kier alpha value is -0.570. The molecule has 14 heavy (non-hydrogen) atoms.